The number of carbonyl (C=O) groups excluding carboxylic acids is 1. The zero-order valence-corrected chi connectivity index (χ0v) is 11.9. The van der Waals surface area contributed by atoms with Gasteiger partial charge in [-0.15, -0.1) is 0 Å². The van der Waals surface area contributed by atoms with Gasteiger partial charge in [-0.25, -0.2) is 9.18 Å². The van der Waals surface area contributed by atoms with Crippen LogP contribution in [-0.2, 0) is 4.74 Å². The maximum Gasteiger partial charge on any atom is 0.412 e. The molecule has 2 rings (SSSR count). The fourth-order valence-electron chi connectivity index (χ4n) is 1.77. The van der Waals surface area contributed by atoms with E-state index in [1.165, 1.54) is 18.2 Å². The Hall–Kier alpha value is -1.82. The van der Waals surface area contributed by atoms with Crippen LogP contribution in [0.5, 0.6) is 0 Å². The predicted octanol–water partition coefficient (Wildman–Crippen LogP) is 2.56. The van der Waals surface area contributed by atoms with E-state index in [9.17, 15) is 9.18 Å². The number of halogens is 1. The molecule has 1 aromatic carbocycles. The van der Waals surface area contributed by atoms with Crippen LogP contribution in [0.1, 0.15) is 20.8 Å². The maximum atomic E-state index is 13.3. The molecule has 5 nitrogen and oxygen atoms in total. The van der Waals surface area contributed by atoms with Crippen molar-refractivity contribution in [1.82, 2.24) is 5.32 Å². The van der Waals surface area contributed by atoms with Crippen LogP contribution in [0.25, 0.3) is 0 Å². The lowest BCUT2D eigenvalue weighted by atomic mass is 10.1. The lowest BCUT2D eigenvalue weighted by molar-refractivity contribution is 0.0636. The van der Waals surface area contributed by atoms with Crippen LogP contribution < -0.4 is 16.0 Å². The van der Waals surface area contributed by atoms with Crippen LogP contribution in [-0.4, -0.2) is 30.8 Å². The summed E-state index contributed by atoms with van der Waals surface area (Å²) in [5.41, 5.74) is 0.491. The largest absolute Gasteiger partial charge is 0.444 e. The van der Waals surface area contributed by atoms with E-state index in [2.05, 4.69) is 16.0 Å². The number of hydrogen-bond acceptors (Lipinski definition) is 4. The molecule has 0 unspecified atom stereocenters. The first-order chi connectivity index (χ1) is 9.33. The van der Waals surface area contributed by atoms with Crippen LogP contribution in [0, 0.1) is 5.82 Å². The first-order valence-corrected chi connectivity index (χ1v) is 6.60. The molecule has 110 valence electrons. The van der Waals surface area contributed by atoms with Gasteiger partial charge in [0.25, 0.3) is 0 Å². The number of anilines is 2. The van der Waals surface area contributed by atoms with E-state index in [0.717, 1.165) is 13.1 Å². The van der Waals surface area contributed by atoms with Gasteiger partial charge in [0.05, 0.1) is 17.4 Å². The van der Waals surface area contributed by atoms with Gasteiger partial charge in [-0.05, 0) is 39.0 Å². The minimum Gasteiger partial charge on any atom is -0.444 e. The van der Waals surface area contributed by atoms with Crippen molar-refractivity contribution in [1.29, 1.82) is 0 Å². The Morgan fingerprint density at radius 1 is 1.35 bits per heavy atom. The average Bonchev–Trinajstić information content (AvgIpc) is 2.24. The number of benzene rings is 1. The fraction of sp³-hybridized carbons (Fsp3) is 0.500. The standard InChI is InChI=1S/C14H20FN3O2/c1-14(2,3)20-13(19)18-11-5-4-9(15)6-12(11)17-10-7-16-8-10/h4-6,10,16-17H,7-8H2,1-3H3,(H,18,19). The summed E-state index contributed by atoms with van der Waals surface area (Å²) in [5.74, 6) is -0.352. The monoisotopic (exact) mass is 281 g/mol. The highest BCUT2D eigenvalue weighted by Crippen LogP contribution is 2.25. The van der Waals surface area contributed by atoms with Gasteiger partial charge in [-0.1, -0.05) is 0 Å². The van der Waals surface area contributed by atoms with Gasteiger partial charge in [0.2, 0.25) is 0 Å². The van der Waals surface area contributed by atoms with E-state index in [1.54, 1.807) is 20.8 Å². The number of ether oxygens (including phenoxy) is 1. The van der Waals surface area contributed by atoms with Crippen LogP contribution in [0.4, 0.5) is 20.6 Å². The van der Waals surface area contributed by atoms with Crippen molar-refractivity contribution in [3.8, 4) is 0 Å². The molecule has 1 aromatic rings. The summed E-state index contributed by atoms with van der Waals surface area (Å²) < 4.78 is 18.5. The maximum absolute atomic E-state index is 13.3. The summed E-state index contributed by atoms with van der Waals surface area (Å²) in [6.45, 7) is 7.01. The Kier molecular flexibility index (Phi) is 4.13. The number of rotatable bonds is 3. The Bertz CT molecular complexity index is 496. The zero-order valence-electron chi connectivity index (χ0n) is 11.9. The van der Waals surface area contributed by atoms with Crippen LogP contribution in [0.3, 0.4) is 0 Å². The quantitative estimate of drug-likeness (QED) is 0.797. The highest BCUT2D eigenvalue weighted by molar-refractivity contribution is 5.89. The Labute approximate surface area is 117 Å². The van der Waals surface area contributed by atoms with Crippen LogP contribution in [0.15, 0.2) is 18.2 Å². The van der Waals surface area contributed by atoms with Gasteiger partial charge in [0.1, 0.15) is 11.4 Å². The van der Waals surface area contributed by atoms with Crippen LogP contribution >= 0.6 is 0 Å². The highest BCUT2D eigenvalue weighted by Gasteiger charge is 2.20. The molecule has 1 aliphatic heterocycles. The number of hydrogen-bond donors (Lipinski definition) is 3. The van der Waals surface area contributed by atoms with E-state index in [-0.39, 0.29) is 11.9 Å². The molecule has 0 radical (unpaired) electrons. The van der Waals surface area contributed by atoms with Crippen LogP contribution in [0.2, 0.25) is 0 Å². The molecule has 1 fully saturated rings. The van der Waals surface area contributed by atoms with Gasteiger partial charge in [-0.3, -0.25) is 5.32 Å². The summed E-state index contributed by atoms with van der Waals surface area (Å²) in [7, 11) is 0. The second kappa shape index (κ2) is 5.66. The molecular formula is C14H20FN3O2. The lowest BCUT2D eigenvalue weighted by Crippen LogP contribution is -2.51. The molecule has 1 heterocycles. The van der Waals surface area contributed by atoms with E-state index >= 15 is 0 Å². The van der Waals surface area contributed by atoms with E-state index < -0.39 is 11.7 Å². The molecule has 1 aliphatic rings. The number of carbonyl (C=O) groups is 1. The molecule has 0 saturated carbocycles. The molecule has 0 aromatic heterocycles. The summed E-state index contributed by atoms with van der Waals surface area (Å²) >= 11 is 0. The molecule has 0 atom stereocenters. The summed E-state index contributed by atoms with van der Waals surface area (Å²) in [6, 6.07) is 4.44. The lowest BCUT2D eigenvalue weighted by Gasteiger charge is -2.30. The van der Waals surface area contributed by atoms with Gasteiger partial charge in [-0.2, -0.15) is 0 Å². The minimum absolute atomic E-state index is 0.246. The third-order valence-corrected chi connectivity index (χ3v) is 2.76. The SMILES string of the molecule is CC(C)(C)OC(=O)Nc1ccc(F)cc1NC1CNC1. The summed E-state index contributed by atoms with van der Waals surface area (Å²) in [5, 5.41) is 8.94. The third kappa shape index (κ3) is 4.09. The molecule has 1 saturated heterocycles. The van der Waals surface area contributed by atoms with E-state index in [1.807, 2.05) is 0 Å². The molecule has 0 aliphatic carbocycles. The molecule has 0 bridgehead atoms. The first kappa shape index (κ1) is 14.6. The molecule has 3 N–H and O–H groups in total. The second-order valence-corrected chi connectivity index (χ2v) is 5.82. The Balaban J connectivity index is 2.07. The van der Waals surface area contributed by atoms with Crippen molar-refractivity contribution < 1.29 is 13.9 Å². The first-order valence-electron chi connectivity index (χ1n) is 6.60. The van der Waals surface area contributed by atoms with Crippen molar-refractivity contribution in [3.05, 3.63) is 24.0 Å². The van der Waals surface area contributed by atoms with Crippen molar-refractivity contribution in [3.63, 3.8) is 0 Å². The normalized spacial score (nSPS) is 15.4. The van der Waals surface area contributed by atoms with Gasteiger partial charge >= 0.3 is 6.09 Å². The number of nitrogens with one attached hydrogen (secondary N) is 3. The van der Waals surface area contributed by atoms with Crippen molar-refractivity contribution >= 4 is 17.5 Å². The molecule has 20 heavy (non-hydrogen) atoms. The zero-order chi connectivity index (χ0) is 14.8. The minimum atomic E-state index is -0.574. The fourth-order valence-corrected chi connectivity index (χ4v) is 1.77. The molecule has 6 heteroatoms. The van der Waals surface area contributed by atoms with Crippen molar-refractivity contribution in [2.75, 3.05) is 23.7 Å². The molecular weight excluding hydrogens is 261 g/mol. The van der Waals surface area contributed by atoms with Gasteiger partial charge < -0.3 is 15.4 Å². The van der Waals surface area contributed by atoms with Gasteiger partial charge in [0.15, 0.2) is 0 Å². The highest BCUT2D eigenvalue weighted by atomic mass is 19.1. The Morgan fingerprint density at radius 3 is 2.60 bits per heavy atom. The number of amides is 1. The smallest absolute Gasteiger partial charge is 0.412 e. The van der Waals surface area contributed by atoms with Crippen molar-refractivity contribution in [2.24, 2.45) is 0 Å². The predicted molar refractivity (Wildman–Crippen MR) is 76.5 cm³/mol. The third-order valence-electron chi connectivity index (χ3n) is 2.76. The summed E-state index contributed by atoms with van der Waals surface area (Å²) in [4.78, 5) is 11.8. The average molecular weight is 281 g/mol. The van der Waals surface area contributed by atoms with Crippen molar-refractivity contribution in [2.45, 2.75) is 32.4 Å². The molecule has 1 amide bonds. The van der Waals surface area contributed by atoms with E-state index in [4.69, 9.17) is 4.74 Å². The topological polar surface area (TPSA) is 62.4 Å². The summed E-state index contributed by atoms with van der Waals surface area (Å²) in [6.07, 6.45) is -0.557. The van der Waals surface area contributed by atoms with E-state index in [0.29, 0.717) is 11.4 Å². The van der Waals surface area contributed by atoms with Gasteiger partial charge in [0, 0.05) is 13.1 Å². The Morgan fingerprint density at radius 2 is 2.05 bits per heavy atom. The second-order valence-electron chi connectivity index (χ2n) is 5.82. The molecule has 0 spiro atoms.